The van der Waals surface area contributed by atoms with Gasteiger partial charge in [0.25, 0.3) is 0 Å². The van der Waals surface area contributed by atoms with Crippen molar-refractivity contribution < 1.29 is 4.42 Å². The molecule has 0 aliphatic heterocycles. The van der Waals surface area contributed by atoms with Gasteiger partial charge in [0, 0.05) is 5.56 Å². The van der Waals surface area contributed by atoms with Gasteiger partial charge in [-0.1, -0.05) is 12.2 Å². The van der Waals surface area contributed by atoms with E-state index in [1.54, 1.807) is 6.26 Å². The molecule has 0 radical (unpaired) electrons. The van der Waals surface area contributed by atoms with Crippen LogP contribution < -0.4 is 11.3 Å². The van der Waals surface area contributed by atoms with E-state index in [1.807, 2.05) is 19.9 Å². The van der Waals surface area contributed by atoms with Gasteiger partial charge in [0.05, 0.1) is 12.3 Å². The smallest absolute Gasteiger partial charge is 0.105 e. The highest BCUT2D eigenvalue weighted by Gasteiger charge is 2.13. The molecule has 66 valence electrons. The number of furan rings is 1. The lowest BCUT2D eigenvalue weighted by atomic mass is 10.0. The van der Waals surface area contributed by atoms with Crippen molar-refractivity contribution in [2.24, 2.45) is 5.84 Å². The van der Waals surface area contributed by atoms with Crippen LogP contribution >= 0.6 is 0 Å². The van der Waals surface area contributed by atoms with Gasteiger partial charge < -0.3 is 4.42 Å². The molecule has 1 aromatic rings. The molecule has 0 aliphatic rings. The van der Waals surface area contributed by atoms with E-state index in [-0.39, 0.29) is 6.04 Å². The van der Waals surface area contributed by atoms with E-state index in [2.05, 4.69) is 12.0 Å². The summed E-state index contributed by atoms with van der Waals surface area (Å²) in [5.41, 5.74) is 4.71. The molecule has 0 saturated carbocycles. The Hall–Kier alpha value is -1.06. The van der Waals surface area contributed by atoms with Crippen molar-refractivity contribution in [3.05, 3.63) is 35.8 Å². The Morgan fingerprint density at radius 3 is 2.75 bits per heavy atom. The molecule has 0 spiro atoms. The average molecular weight is 166 g/mol. The third-order valence-corrected chi connectivity index (χ3v) is 1.87. The number of hydrogen-bond donors (Lipinski definition) is 2. The zero-order valence-electron chi connectivity index (χ0n) is 7.42. The van der Waals surface area contributed by atoms with Gasteiger partial charge in [0.1, 0.15) is 5.76 Å². The van der Waals surface area contributed by atoms with Crippen molar-refractivity contribution in [1.82, 2.24) is 5.43 Å². The minimum absolute atomic E-state index is 0.0104. The summed E-state index contributed by atoms with van der Waals surface area (Å²) in [6, 6.07) is 1.89. The van der Waals surface area contributed by atoms with Crippen LogP contribution in [0.2, 0.25) is 0 Å². The number of hydrogen-bond acceptors (Lipinski definition) is 3. The van der Waals surface area contributed by atoms with E-state index in [0.29, 0.717) is 0 Å². The van der Waals surface area contributed by atoms with Crippen molar-refractivity contribution in [3.63, 3.8) is 0 Å². The predicted octanol–water partition coefficient (Wildman–Crippen LogP) is 1.67. The van der Waals surface area contributed by atoms with Gasteiger partial charge in [-0.05, 0) is 19.9 Å². The van der Waals surface area contributed by atoms with Crippen LogP contribution in [0, 0.1) is 6.92 Å². The molecule has 3 nitrogen and oxygen atoms in total. The van der Waals surface area contributed by atoms with E-state index in [1.165, 1.54) is 0 Å². The molecule has 1 aromatic heterocycles. The van der Waals surface area contributed by atoms with Gasteiger partial charge in [0.2, 0.25) is 0 Å². The molecule has 12 heavy (non-hydrogen) atoms. The maximum atomic E-state index is 5.38. The second-order valence-electron chi connectivity index (χ2n) is 2.88. The Morgan fingerprint density at radius 1 is 1.75 bits per heavy atom. The van der Waals surface area contributed by atoms with Gasteiger partial charge in [-0.15, -0.1) is 0 Å². The summed E-state index contributed by atoms with van der Waals surface area (Å²) < 4.78 is 5.16. The lowest BCUT2D eigenvalue weighted by Gasteiger charge is -2.14. The summed E-state index contributed by atoms with van der Waals surface area (Å²) in [5.74, 6) is 6.26. The van der Waals surface area contributed by atoms with Crippen molar-refractivity contribution in [1.29, 1.82) is 0 Å². The minimum atomic E-state index is -0.0104. The van der Waals surface area contributed by atoms with Gasteiger partial charge in [-0.2, -0.15) is 0 Å². The standard InChI is InChI=1S/C9H14N2O/c1-6(2)9(11-10)8-4-5-12-7(8)3/h4-5,9,11H,1,10H2,2-3H3. The zero-order valence-corrected chi connectivity index (χ0v) is 7.42. The molecule has 1 rings (SSSR count). The van der Waals surface area contributed by atoms with E-state index < -0.39 is 0 Å². The van der Waals surface area contributed by atoms with Crippen LogP contribution in [0.1, 0.15) is 24.3 Å². The number of nitrogens with one attached hydrogen (secondary N) is 1. The van der Waals surface area contributed by atoms with E-state index >= 15 is 0 Å². The monoisotopic (exact) mass is 166 g/mol. The first kappa shape index (κ1) is 9.03. The first-order chi connectivity index (χ1) is 5.66. The lowest BCUT2D eigenvalue weighted by Crippen LogP contribution is -2.28. The highest BCUT2D eigenvalue weighted by Crippen LogP contribution is 2.22. The molecule has 3 N–H and O–H groups in total. The van der Waals surface area contributed by atoms with Gasteiger partial charge in [-0.25, -0.2) is 5.43 Å². The average Bonchev–Trinajstić information content (AvgIpc) is 2.38. The molecule has 0 saturated heterocycles. The molecule has 0 fully saturated rings. The summed E-state index contributed by atoms with van der Waals surface area (Å²) in [7, 11) is 0. The predicted molar refractivity (Wildman–Crippen MR) is 48.3 cm³/mol. The third-order valence-electron chi connectivity index (χ3n) is 1.87. The van der Waals surface area contributed by atoms with Crippen molar-refractivity contribution in [2.75, 3.05) is 0 Å². The zero-order chi connectivity index (χ0) is 9.14. The summed E-state index contributed by atoms with van der Waals surface area (Å²) in [6.45, 7) is 7.67. The maximum Gasteiger partial charge on any atom is 0.105 e. The van der Waals surface area contributed by atoms with Gasteiger partial charge >= 0.3 is 0 Å². The van der Waals surface area contributed by atoms with Gasteiger partial charge in [-0.3, -0.25) is 5.84 Å². The highest BCUT2D eigenvalue weighted by atomic mass is 16.3. The van der Waals surface area contributed by atoms with Crippen LogP contribution in [0.5, 0.6) is 0 Å². The number of aryl methyl sites for hydroxylation is 1. The Bertz CT molecular complexity index is 278. The fraction of sp³-hybridized carbons (Fsp3) is 0.333. The van der Waals surface area contributed by atoms with Gasteiger partial charge in [0.15, 0.2) is 0 Å². The Morgan fingerprint density at radius 2 is 2.42 bits per heavy atom. The summed E-state index contributed by atoms with van der Waals surface area (Å²) >= 11 is 0. The molecule has 1 atom stereocenters. The van der Waals surface area contributed by atoms with E-state index in [0.717, 1.165) is 16.9 Å². The Labute approximate surface area is 72.2 Å². The number of rotatable bonds is 3. The van der Waals surface area contributed by atoms with Crippen molar-refractivity contribution >= 4 is 0 Å². The highest BCUT2D eigenvalue weighted by molar-refractivity contribution is 5.27. The number of hydrazine groups is 1. The SMILES string of the molecule is C=C(C)C(NN)c1ccoc1C. The van der Waals surface area contributed by atoms with Crippen LogP contribution in [-0.2, 0) is 0 Å². The molecule has 0 amide bonds. The van der Waals surface area contributed by atoms with Crippen LogP contribution in [0.25, 0.3) is 0 Å². The second-order valence-corrected chi connectivity index (χ2v) is 2.88. The lowest BCUT2D eigenvalue weighted by molar-refractivity contribution is 0.519. The Balaban J connectivity index is 2.94. The molecule has 1 unspecified atom stereocenters. The molecule has 3 heteroatoms. The fourth-order valence-electron chi connectivity index (χ4n) is 1.19. The molecule has 0 aliphatic carbocycles. The molecule has 0 bridgehead atoms. The first-order valence-corrected chi connectivity index (χ1v) is 3.82. The first-order valence-electron chi connectivity index (χ1n) is 3.82. The molecule has 0 aromatic carbocycles. The number of nitrogens with two attached hydrogens (primary N) is 1. The maximum absolute atomic E-state index is 5.38. The van der Waals surface area contributed by atoms with Crippen LogP contribution in [0.3, 0.4) is 0 Å². The molecular formula is C9H14N2O. The van der Waals surface area contributed by atoms with Crippen LogP contribution in [0.4, 0.5) is 0 Å². The van der Waals surface area contributed by atoms with E-state index in [9.17, 15) is 0 Å². The summed E-state index contributed by atoms with van der Waals surface area (Å²) in [6.07, 6.45) is 1.65. The van der Waals surface area contributed by atoms with E-state index in [4.69, 9.17) is 10.3 Å². The topological polar surface area (TPSA) is 51.2 Å². The normalized spacial score (nSPS) is 12.9. The summed E-state index contributed by atoms with van der Waals surface area (Å²) in [5, 5.41) is 0. The fourth-order valence-corrected chi connectivity index (χ4v) is 1.19. The van der Waals surface area contributed by atoms with Crippen molar-refractivity contribution in [2.45, 2.75) is 19.9 Å². The summed E-state index contributed by atoms with van der Waals surface area (Å²) in [4.78, 5) is 0. The van der Waals surface area contributed by atoms with Crippen LogP contribution in [0.15, 0.2) is 28.9 Å². The third kappa shape index (κ3) is 1.57. The minimum Gasteiger partial charge on any atom is -0.469 e. The second kappa shape index (κ2) is 3.56. The molecular weight excluding hydrogens is 152 g/mol. The quantitative estimate of drug-likeness (QED) is 0.408. The van der Waals surface area contributed by atoms with Crippen LogP contribution in [-0.4, -0.2) is 0 Å². The largest absolute Gasteiger partial charge is 0.469 e. The Kier molecular flexibility index (Phi) is 2.68. The molecule has 1 heterocycles. The van der Waals surface area contributed by atoms with Crippen molar-refractivity contribution in [3.8, 4) is 0 Å².